The number of halogens is 1. The van der Waals surface area contributed by atoms with Gasteiger partial charge < -0.3 is 10.5 Å². The molecule has 0 heterocycles. The zero-order valence-electron chi connectivity index (χ0n) is 9.10. The molecule has 0 aliphatic rings. The molecule has 1 rings (SSSR count). The predicted molar refractivity (Wildman–Crippen MR) is 67.0 cm³/mol. The first-order valence-electron chi connectivity index (χ1n) is 5.01. The average Bonchev–Trinajstić information content (AvgIpc) is 2.18. The second-order valence-corrected chi connectivity index (χ2v) is 5.53. The van der Waals surface area contributed by atoms with Gasteiger partial charge in [-0.25, -0.2) is 0 Å². The van der Waals surface area contributed by atoms with E-state index in [9.17, 15) is 8.42 Å². The molecular weight excluding hydrogens is 266 g/mol. The molecular formula is C10H14ClNO4S. The van der Waals surface area contributed by atoms with Crippen LogP contribution in [0.5, 0.6) is 5.75 Å². The van der Waals surface area contributed by atoms with Crippen LogP contribution in [0, 0.1) is 0 Å². The minimum Gasteiger partial charge on any atom is -0.491 e. The van der Waals surface area contributed by atoms with Crippen molar-refractivity contribution < 1.29 is 17.7 Å². The highest BCUT2D eigenvalue weighted by molar-refractivity contribution is 7.85. The highest BCUT2D eigenvalue weighted by Gasteiger charge is 2.04. The molecule has 0 aliphatic carbocycles. The summed E-state index contributed by atoms with van der Waals surface area (Å²) in [4.78, 5) is 0. The van der Waals surface area contributed by atoms with Gasteiger partial charge in [0.25, 0.3) is 10.1 Å². The normalized spacial score (nSPS) is 11.4. The lowest BCUT2D eigenvalue weighted by Gasteiger charge is -2.08. The molecule has 3 N–H and O–H groups in total. The van der Waals surface area contributed by atoms with Gasteiger partial charge >= 0.3 is 0 Å². The molecule has 1 aromatic rings. The molecule has 96 valence electrons. The molecule has 0 aromatic heterocycles. The largest absolute Gasteiger partial charge is 0.491 e. The Morgan fingerprint density at radius 3 is 2.65 bits per heavy atom. The molecule has 0 saturated carbocycles. The van der Waals surface area contributed by atoms with E-state index in [4.69, 9.17) is 26.6 Å². The smallest absolute Gasteiger partial charge is 0.264 e. The van der Waals surface area contributed by atoms with Crippen LogP contribution in [0.25, 0.3) is 0 Å². The first-order valence-corrected chi connectivity index (χ1v) is 7.00. The molecule has 0 spiro atoms. The predicted octanol–water partition coefficient (Wildman–Crippen LogP) is 1.97. The molecule has 0 saturated heterocycles. The van der Waals surface area contributed by atoms with Crippen LogP contribution in [0.15, 0.2) is 18.2 Å². The molecule has 0 unspecified atom stereocenters. The van der Waals surface area contributed by atoms with Gasteiger partial charge in [0.2, 0.25) is 0 Å². The molecule has 0 fully saturated rings. The Balaban J connectivity index is 2.32. The van der Waals surface area contributed by atoms with Crippen LogP contribution in [-0.2, 0) is 10.1 Å². The minimum atomic E-state index is -3.88. The summed E-state index contributed by atoms with van der Waals surface area (Å²) < 4.78 is 34.7. The summed E-state index contributed by atoms with van der Waals surface area (Å²) in [5.74, 6) is 0.258. The summed E-state index contributed by atoms with van der Waals surface area (Å²) in [6, 6.07) is 4.89. The van der Waals surface area contributed by atoms with Crippen LogP contribution in [0.4, 0.5) is 5.69 Å². The summed E-state index contributed by atoms with van der Waals surface area (Å²) in [6.45, 7) is 0.335. The SMILES string of the molecule is Nc1cc(Cl)ccc1OCCCCS(=O)(=O)O. The molecule has 0 atom stereocenters. The van der Waals surface area contributed by atoms with Crippen LogP contribution in [0.1, 0.15) is 12.8 Å². The summed E-state index contributed by atoms with van der Waals surface area (Å²) in [6.07, 6.45) is 0.855. The summed E-state index contributed by atoms with van der Waals surface area (Å²) >= 11 is 5.72. The molecule has 5 nitrogen and oxygen atoms in total. The lowest BCUT2D eigenvalue weighted by molar-refractivity contribution is 0.310. The van der Waals surface area contributed by atoms with E-state index >= 15 is 0 Å². The Kier molecular flexibility index (Phi) is 5.04. The average molecular weight is 280 g/mol. The van der Waals surface area contributed by atoms with E-state index in [0.717, 1.165) is 0 Å². The van der Waals surface area contributed by atoms with Crippen molar-refractivity contribution in [3.63, 3.8) is 0 Å². The quantitative estimate of drug-likeness (QED) is 0.472. The van der Waals surface area contributed by atoms with Crippen molar-refractivity contribution in [1.82, 2.24) is 0 Å². The molecule has 0 bridgehead atoms. The van der Waals surface area contributed by atoms with Gasteiger partial charge in [-0.2, -0.15) is 8.42 Å². The topological polar surface area (TPSA) is 89.6 Å². The summed E-state index contributed by atoms with van der Waals surface area (Å²) in [7, 11) is -3.88. The molecule has 0 radical (unpaired) electrons. The van der Waals surface area contributed by atoms with E-state index in [0.29, 0.717) is 35.9 Å². The van der Waals surface area contributed by atoms with Crippen LogP contribution >= 0.6 is 11.6 Å². The standard InChI is InChI=1S/C10H14ClNO4S/c11-8-3-4-10(9(12)7-8)16-5-1-2-6-17(13,14)15/h3-4,7H,1-2,5-6,12H2,(H,13,14,15). The molecule has 1 aromatic carbocycles. The van der Waals surface area contributed by atoms with Crippen molar-refractivity contribution in [1.29, 1.82) is 0 Å². The molecule has 0 aliphatic heterocycles. The first kappa shape index (κ1) is 14.1. The Morgan fingerprint density at radius 2 is 2.06 bits per heavy atom. The van der Waals surface area contributed by atoms with Crippen molar-refractivity contribution in [2.24, 2.45) is 0 Å². The third-order valence-corrected chi connectivity index (χ3v) is 3.07. The Hall–Kier alpha value is -0.980. The van der Waals surface area contributed by atoms with E-state index in [-0.39, 0.29) is 5.75 Å². The zero-order chi connectivity index (χ0) is 12.9. The highest BCUT2D eigenvalue weighted by atomic mass is 35.5. The number of anilines is 1. The van der Waals surface area contributed by atoms with E-state index in [2.05, 4.69) is 0 Å². The second kappa shape index (κ2) is 6.09. The van der Waals surface area contributed by atoms with Crippen molar-refractivity contribution in [2.75, 3.05) is 18.1 Å². The number of unbranched alkanes of at least 4 members (excludes halogenated alkanes) is 1. The fourth-order valence-corrected chi connectivity index (χ4v) is 1.97. The first-order chi connectivity index (χ1) is 7.88. The maximum Gasteiger partial charge on any atom is 0.264 e. The van der Waals surface area contributed by atoms with Crippen LogP contribution < -0.4 is 10.5 Å². The van der Waals surface area contributed by atoms with Gasteiger partial charge in [0.15, 0.2) is 0 Å². The van der Waals surface area contributed by atoms with Crippen LogP contribution in [-0.4, -0.2) is 25.3 Å². The zero-order valence-corrected chi connectivity index (χ0v) is 10.7. The Bertz CT molecular complexity index is 475. The van der Waals surface area contributed by atoms with Gasteiger partial charge in [-0.15, -0.1) is 0 Å². The Labute approximate surface area is 105 Å². The lowest BCUT2D eigenvalue weighted by atomic mass is 10.3. The fourth-order valence-electron chi connectivity index (χ4n) is 1.22. The highest BCUT2D eigenvalue weighted by Crippen LogP contribution is 2.24. The maximum atomic E-state index is 10.4. The molecule has 7 heteroatoms. The van der Waals surface area contributed by atoms with Crippen molar-refractivity contribution >= 4 is 27.4 Å². The maximum absolute atomic E-state index is 10.4. The van der Waals surface area contributed by atoms with Gasteiger partial charge in [0.1, 0.15) is 5.75 Å². The van der Waals surface area contributed by atoms with Crippen LogP contribution in [0.3, 0.4) is 0 Å². The van der Waals surface area contributed by atoms with E-state index in [1.165, 1.54) is 0 Å². The lowest BCUT2D eigenvalue weighted by Crippen LogP contribution is -2.06. The number of nitrogens with two attached hydrogens (primary N) is 1. The van der Waals surface area contributed by atoms with Crippen molar-refractivity contribution in [3.8, 4) is 5.75 Å². The number of ether oxygens (including phenoxy) is 1. The second-order valence-electron chi connectivity index (χ2n) is 3.52. The van der Waals surface area contributed by atoms with E-state index in [1.807, 2.05) is 0 Å². The number of benzene rings is 1. The monoisotopic (exact) mass is 279 g/mol. The molecule has 17 heavy (non-hydrogen) atoms. The van der Waals surface area contributed by atoms with Crippen LogP contribution in [0.2, 0.25) is 5.02 Å². The van der Waals surface area contributed by atoms with Crippen molar-refractivity contribution in [3.05, 3.63) is 23.2 Å². The third-order valence-electron chi connectivity index (χ3n) is 2.03. The number of hydrogen-bond donors (Lipinski definition) is 2. The summed E-state index contributed by atoms with van der Waals surface area (Å²) in [5, 5.41) is 0.529. The van der Waals surface area contributed by atoms with E-state index in [1.54, 1.807) is 18.2 Å². The van der Waals surface area contributed by atoms with Gasteiger partial charge in [-0.3, -0.25) is 4.55 Å². The molecule has 0 amide bonds. The number of nitrogen functional groups attached to an aromatic ring is 1. The Morgan fingerprint density at radius 1 is 1.35 bits per heavy atom. The minimum absolute atomic E-state index is 0.257. The number of hydrogen-bond acceptors (Lipinski definition) is 4. The van der Waals surface area contributed by atoms with E-state index < -0.39 is 10.1 Å². The number of rotatable bonds is 6. The van der Waals surface area contributed by atoms with Gasteiger partial charge in [0, 0.05) is 5.02 Å². The fraction of sp³-hybridized carbons (Fsp3) is 0.400. The van der Waals surface area contributed by atoms with Gasteiger partial charge in [-0.1, -0.05) is 11.6 Å². The summed E-state index contributed by atoms with van der Waals surface area (Å²) in [5.41, 5.74) is 6.10. The van der Waals surface area contributed by atoms with Gasteiger partial charge in [0.05, 0.1) is 18.0 Å². The third kappa shape index (κ3) is 5.76. The van der Waals surface area contributed by atoms with Gasteiger partial charge in [-0.05, 0) is 31.0 Å². The van der Waals surface area contributed by atoms with Crippen molar-refractivity contribution in [2.45, 2.75) is 12.8 Å².